The normalized spacial score (nSPS) is 12.6. The van der Waals surface area contributed by atoms with E-state index in [0.29, 0.717) is 12.3 Å². The molecule has 1 atom stereocenters. The number of carbonyl (C=O) groups excluding carboxylic acids is 1. The lowest BCUT2D eigenvalue weighted by atomic mass is 10.1. The van der Waals surface area contributed by atoms with Gasteiger partial charge in [0.25, 0.3) is 0 Å². The quantitative estimate of drug-likeness (QED) is 0.587. The van der Waals surface area contributed by atoms with Crippen LogP contribution >= 0.6 is 0 Å². The topological polar surface area (TPSA) is 49.3 Å². The van der Waals surface area contributed by atoms with Gasteiger partial charge in [-0.3, -0.25) is 4.79 Å². The lowest BCUT2D eigenvalue weighted by Crippen LogP contribution is -2.23. The highest BCUT2D eigenvalue weighted by atomic mass is 16.3. The largest absolute Gasteiger partial charge is 0.396 e. The van der Waals surface area contributed by atoms with E-state index in [-0.39, 0.29) is 12.5 Å². The summed E-state index contributed by atoms with van der Waals surface area (Å²) in [6.07, 6.45) is 2.48. The van der Waals surface area contributed by atoms with Gasteiger partial charge in [-0.25, -0.2) is 0 Å². The maximum atomic E-state index is 10.8. The number of rotatable bonds is 6. The van der Waals surface area contributed by atoms with Gasteiger partial charge in [0.1, 0.15) is 0 Å². The molecule has 0 aliphatic carbocycles. The van der Waals surface area contributed by atoms with Crippen LogP contribution in [0.15, 0.2) is 0 Å². The van der Waals surface area contributed by atoms with Crippen molar-refractivity contribution in [1.82, 2.24) is 5.32 Å². The van der Waals surface area contributed by atoms with Crippen molar-refractivity contribution >= 4 is 5.91 Å². The van der Waals surface area contributed by atoms with E-state index in [1.807, 2.05) is 13.8 Å². The first-order chi connectivity index (χ1) is 5.70. The minimum atomic E-state index is 0.103. The zero-order valence-electron chi connectivity index (χ0n) is 7.97. The predicted octanol–water partition coefficient (Wildman–Crippen LogP) is 0.921. The first-order valence-corrected chi connectivity index (χ1v) is 4.58. The lowest BCUT2D eigenvalue weighted by molar-refractivity contribution is -0.120. The molecule has 0 heterocycles. The number of amides is 1. The summed E-state index contributed by atoms with van der Waals surface area (Å²) >= 11 is 0. The van der Waals surface area contributed by atoms with E-state index in [1.165, 1.54) is 0 Å². The summed E-state index contributed by atoms with van der Waals surface area (Å²) in [5.74, 6) is 0.454. The van der Waals surface area contributed by atoms with Crippen molar-refractivity contribution in [2.45, 2.75) is 33.1 Å². The fourth-order valence-electron chi connectivity index (χ4n) is 0.895. The zero-order valence-corrected chi connectivity index (χ0v) is 7.97. The average Bonchev–Trinajstić information content (AvgIpc) is 2.11. The molecular formula is C9H19NO2. The molecule has 0 fully saturated rings. The number of carbonyl (C=O) groups is 1. The van der Waals surface area contributed by atoms with Crippen LogP contribution in [0.1, 0.15) is 33.1 Å². The molecule has 1 unspecified atom stereocenters. The summed E-state index contributed by atoms with van der Waals surface area (Å²) < 4.78 is 0. The van der Waals surface area contributed by atoms with Gasteiger partial charge in [0.15, 0.2) is 0 Å². The standard InChI is InChI=1S/C9H19NO2/c1-3-9(12)10-6-4-5-8(2)7-11/h8,11H,3-7H2,1-2H3,(H,10,12). The van der Waals surface area contributed by atoms with Crippen molar-refractivity contribution in [3.8, 4) is 0 Å². The number of hydrogen-bond acceptors (Lipinski definition) is 2. The molecule has 2 N–H and O–H groups in total. The van der Waals surface area contributed by atoms with Crippen LogP contribution in [0.5, 0.6) is 0 Å². The number of aliphatic hydroxyl groups excluding tert-OH is 1. The molecule has 0 aromatic carbocycles. The maximum Gasteiger partial charge on any atom is 0.219 e. The van der Waals surface area contributed by atoms with Crippen LogP contribution in [-0.4, -0.2) is 24.2 Å². The third-order valence-electron chi connectivity index (χ3n) is 1.83. The van der Waals surface area contributed by atoms with Crippen LogP contribution in [0.3, 0.4) is 0 Å². The molecular weight excluding hydrogens is 154 g/mol. The van der Waals surface area contributed by atoms with E-state index in [2.05, 4.69) is 5.32 Å². The van der Waals surface area contributed by atoms with Gasteiger partial charge < -0.3 is 10.4 Å². The Bertz CT molecular complexity index is 126. The summed E-state index contributed by atoms with van der Waals surface area (Å²) in [5.41, 5.74) is 0. The summed E-state index contributed by atoms with van der Waals surface area (Å²) in [6.45, 7) is 4.81. The molecule has 12 heavy (non-hydrogen) atoms. The lowest BCUT2D eigenvalue weighted by Gasteiger charge is -2.07. The van der Waals surface area contributed by atoms with Crippen LogP contribution in [0, 0.1) is 5.92 Å². The van der Waals surface area contributed by atoms with E-state index < -0.39 is 0 Å². The number of aliphatic hydroxyl groups is 1. The van der Waals surface area contributed by atoms with E-state index in [9.17, 15) is 4.79 Å². The van der Waals surface area contributed by atoms with Gasteiger partial charge >= 0.3 is 0 Å². The second-order valence-corrected chi connectivity index (χ2v) is 3.13. The van der Waals surface area contributed by atoms with Crippen LogP contribution in [0.4, 0.5) is 0 Å². The molecule has 3 heteroatoms. The van der Waals surface area contributed by atoms with Crippen molar-refractivity contribution in [2.75, 3.05) is 13.2 Å². The molecule has 0 aromatic rings. The molecule has 0 saturated carbocycles. The molecule has 0 radical (unpaired) electrons. The first kappa shape index (κ1) is 11.4. The van der Waals surface area contributed by atoms with Crippen molar-refractivity contribution < 1.29 is 9.90 Å². The first-order valence-electron chi connectivity index (χ1n) is 4.58. The third kappa shape index (κ3) is 6.16. The van der Waals surface area contributed by atoms with E-state index in [0.717, 1.165) is 19.4 Å². The fraction of sp³-hybridized carbons (Fsp3) is 0.889. The Kier molecular flexibility index (Phi) is 6.76. The van der Waals surface area contributed by atoms with Crippen LogP contribution in [-0.2, 0) is 4.79 Å². The number of hydrogen-bond donors (Lipinski definition) is 2. The molecule has 0 bridgehead atoms. The van der Waals surface area contributed by atoms with Gasteiger partial charge in [-0.2, -0.15) is 0 Å². The molecule has 0 rings (SSSR count). The smallest absolute Gasteiger partial charge is 0.219 e. The van der Waals surface area contributed by atoms with Crippen molar-refractivity contribution in [3.05, 3.63) is 0 Å². The summed E-state index contributed by atoms with van der Waals surface area (Å²) in [5, 5.41) is 11.5. The van der Waals surface area contributed by atoms with Gasteiger partial charge in [-0.15, -0.1) is 0 Å². The van der Waals surface area contributed by atoms with Gasteiger partial charge in [-0.1, -0.05) is 13.8 Å². The summed E-state index contributed by atoms with van der Waals surface area (Å²) in [7, 11) is 0. The second-order valence-electron chi connectivity index (χ2n) is 3.13. The third-order valence-corrected chi connectivity index (χ3v) is 1.83. The maximum absolute atomic E-state index is 10.8. The molecule has 0 spiro atoms. The molecule has 72 valence electrons. The Morgan fingerprint density at radius 2 is 2.25 bits per heavy atom. The van der Waals surface area contributed by atoms with Crippen molar-refractivity contribution in [1.29, 1.82) is 0 Å². The highest BCUT2D eigenvalue weighted by Crippen LogP contribution is 2.02. The highest BCUT2D eigenvalue weighted by Gasteiger charge is 1.99. The Labute approximate surface area is 74.2 Å². The van der Waals surface area contributed by atoms with Gasteiger partial charge in [0, 0.05) is 19.6 Å². The van der Waals surface area contributed by atoms with Crippen LogP contribution in [0.25, 0.3) is 0 Å². The van der Waals surface area contributed by atoms with Crippen molar-refractivity contribution in [3.63, 3.8) is 0 Å². The SMILES string of the molecule is CCC(=O)NCCCC(C)CO. The molecule has 0 saturated heterocycles. The summed E-state index contributed by atoms with van der Waals surface area (Å²) in [4.78, 5) is 10.8. The Hall–Kier alpha value is -0.570. The van der Waals surface area contributed by atoms with Gasteiger partial charge in [0.2, 0.25) is 5.91 Å². The minimum absolute atomic E-state index is 0.103. The molecule has 3 nitrogen and oxygen atoms in total. The molecule has 0 aliphatic heterocycles. The Morgan fingerprint density at radius 3 is 2.75 bits per heavy atom. The number of nitrogens with one attached hydrogen (secondary N) is 1. The van der Waals surface area contributed by atoms with Crippen LogP contribution in [0.2, 0.25) is 0 Å². The predicted molar refractivity (Wildman–Crippen MR) is 48.8 cm³/mol. The minimum Gasteiger partial charge on any atom is -0.396 e. The molecule has 0 aliphatic rings. The fourth-order valence-corrected chi connectivity index (χ4v) is 0.895. The summed E-state index contributed by atoms with van der Waals surface area (Å²) in [6, 6.07) is 0. The highest BCUT2D eigenvalue weighted by molar-refractivity contribution is 5.75. The van der Waals surface area contributed by atoms with Gasteiger partial charge in [0.05, 0.1) is 0 Å². The average molecular weight is 173 g/mol. The van der Waals surface area contributed by atoms with E-state index >= 15 is 0 Å². The van der Waals surface area contributed by atoms with Crippen molar-refractivity contribution in [2.24, 2.45) is 5.92 Å². The van der Waals surface area contributed by atoms with Crippen LogP contribution < -0.4 is 5.32 Å². The molecule has 1 amide bonds. The van der Waals surface area contributed by atoms with E-state index in [4.69, 9.17) is 5.11 Å². The van der Waals surface area contributed by atoms with Gasteiger partial charge in [-0.05, 0) is 18.8 Å². The Balaban J connectivity index is 3.15. The monoisotopic (exact) mass is 173 g/mol. The molecule has 0 aromatic heterocycles. The zero-order chi connectivity index (χ0) is 9.40. The Morgan fingerprint density at radius 1 is 1.58 bits per heavy atom. The van der Waals surface area contributed by atoms with E-state index in [1.54, 1.807) is 0 Å². The second kappa shape index (κ2) is 7.10.